The highest BCUT2D eigenvalue weighted by Gasteiger charge is 2.82. The molecule has 2 heterocycles. The number of nitrogens with one attached hydrogen (secondary N) is 1. The molecule has 1 N–H and O–H groups in total. The third kappa shape index (κ3) is 3.84. The van der Waals surface area contributed by atoms with Gasteiger partial charge in [0.25, 0.3) is 0 Å². The first-order chi connectivity index (χ1) is 13.2. The Morgan fingerprint density at radius 3 is 2.17 bits per heavy atom. The minimum Gasteiger partial charge on any atom is -0.479 e. The number of halogens is 9. The molecule has 0 saturated carbocycles. The monoisotopic (exact) mass is 451 g/mol. The number of hydrogen-bond donors (Lipinski definition) is 1. The van der Waals surface area contributed by atoms with Gasteiger partial charge in [0.15, 0.2) is 5.00 Å². The Hall–Kier alpha value is -2.51. The summed E-state index contributed by atoms with van der Waals surface area (Å²) in [6.45, 7) is 2.51. The fourth-order valence-corrected chi connectivity index (χ4v) is 2.87. The maximum absolute atomic E-state index is 13.9. The Balaban J connectivity index is 2.37. The molecule has 2 aromatic heterocycles. The van der Waals surface area contributed by atoms with Crippen LogP contribution in [0, 0.1) is 0 Å². The number of methoxy groups -OCH3 is 1. The van der Waals surface area contributed by atoms with Gasteiger partial charge in [-0.15, -0.1) is 0 Å². The Morgan fingerprint density at radius 1 is 1.07 bits per heavy atom. The summed E-state index contributed by atoms with van der Waals surface area (Å²) < 4.78 is 122. The normalized spacial score (nSPS) is 13.3. The van der Waals surface area contributed by atoms with E-state index >= 15 is 0 Å². The molecule has 0 saturated heterocycles. The van der Waals surface area contributed by atoms with Crippen LogP contribution in [0.1, 0.15) is 0 Å². The third-order valence-electron chi connectivity index (χ3n) is 3.49. The van der Waals surface area contributed by atoms with Crippen molar-refractivity contribution >= 4 is 16.3 Å². The zero-order valence-electron chi connectivity index (χ0n) is 14.1. The predicted molar refractivity (Wildman–Crippen MR) is 85.6 cm³/mol. The van der Waals surface area contributed by atoms with Gasteiger partial charge in [-0.3, -0.25) is 4.98 Å². The van der Waals surface area contributed by atoms with E-state index in [-0.39, 0.29) is 5.01 Å². The number of ether oxygens (including phenoxy) is 1. The number of nitrogens with zero attached hydrogens (tertiary/aromatic N) is 2. The number of aromatic nitrogens is 2. The van der Waals surface area contributed by atoms with Crippen molar-refractivity contribution in [1.82, 2.24) is 9.97 Å². The molecule has 0 atom stereocenters. The summed E-state index contributed by atoms with van der Waals surface area (Å²) in [4.78, 5) is 7.66. The van der Waals surface area contributed by atoms with Crippen LogP contribution in [-0.4, -0.2) is 41.0 Å². The topological polar surface area (TPSA) is 47.0 Å². The van der Waals surface area contributed by atoms with E-state index in [1.165, 1.54) is 24.5 Å². The number of anilines is 1. The molecule has 0 aliphatic heterocycles. The molecule has 0 bridgehead atoms. The Kier molecular flexibility index (Phi) is 5.80. The zero-order chi connectivity index (χ0) is 22.3. The third-order valence-corrected chi connectivity index (χ3v) is 4.49. The fourth-order valence-electron chi connectivity index (χ4n) is 1.92. The van der Waals surface area contributed by atoms with E-state index in [4.69, 9.17) is 4.74 Å². The van der Waals surface area contributed by atoms with Gasteiger partial charge in [0, 0.05) is 18.0 Å². The van der Waals surface area contributed by atoms with Gasteiger partial charge in [0.2, 0.25) is 5.88 Å². The molecular weight excluding hydrogens is 441 g/mol. The Labute approximate surface area is 161 Å². The Morgan fingerprint density at radius 2 is 1.69 bits per heavy atom. The summed E-state index contributed by atoms with van der Waals surface area (Å²) in [6.07, 6.45) is -4.18. The van der Waals surface area contributed by atoms with Crippen LogP contribution in [0.5, 0.6) is 5.88 Å². The van der Waals surface area contributed by atoms with Gasteiger partial charge in [-0.2, -0.15) is 44.5 Å². The standard InChI is InChI=1S/C15H10F9N3OS/c1-7(12(16,17)13(18,19)14(20,21)15(22,23)24)26-11-9(28-2)27-10(29-11)8-4-3-5-25-6-8/h3-6,26H,1H2,2H3. The van der Waals surface area contributed by atoms with Gasteiger partial charge in [-0.1, -0.05) is 17.9 Å². The SMILES string of the molecule is C=C(Nc1sc(-c2cccnc2)nc1OC)C(F)(F)C(F)(F)C(F)(F)C(F)(F)F. The summed E-state index contributed by atoms with van der Waals surface area (Å²) in [5.41, 5.74) is -1.73. The van der Waals surface area contributed by atoms with Gasteiger partial charge in [0.1, 0.15) is 5.01 Å². The van der Waals surface area contributed by atoms with Crippen molar-refractivity contribution in [3.8, 4) is 16.5 Å². The van der Waals surface area contributed by atoms with Crippen LogP contribution >= 0.6 is 11.3 Å². The highest BCUT2D eigenvalue weighted by molar-refractivity contribution is 7.19. The second-order valence-electron chi connectivity index (χ2n) is 5.42. The number of pyridine rings is 1. The number of allylic oxidation sites excluding steroid dienone is 1. The van der Waals surface area contributed by atoms with E-state index in [0.717, 1.165) is 7.11 Å². The summed E-state index contributed by atoms with van der Waals surface area (Å²) >= 11 is 0.569. The molecule has 0 aliphatic carbocycles. The van der Waals surface area contributed by atoms with Crippen LogP contribution < -0.4 is 10.1 Å². The maximum atomic E-state index is 13.9. The molecule has 29 heavy (non-hydrogen) atoms. The number of hydrogen-bond acceptors (Lipinski definition) is 5. The summed E-state index contributed by atoms with van der Waals surface area (Å²) in [5, 5.41) is 1.25. The van der Waals surface area contributed by atoms with Crippen LogP contribution in [0.2, 0.25) is 0 Å². The molecular formula is C15H10F9N3OS. The quantitative estimate of drug-likeness (QED) is 0.557. The van der Waals surface area contributed by atoms with Crippen molar-refractivity contribution in [2.45, 2.75) is 23.9 Å². The van der Waals surface area contributed by atoms with Gasteiger partial charge in [0.05, 0.1) is 12.8 Å². The lowest BCUT2D eigenvalue weighted by Crippen LogP contribution is -2.61. The van der Waals surface area contributed by atoms with E-state index < -0.39 is 40.5 Å². The number of thiazole rings is 1. The van der Waals surface area contributed by atoms with Crippen molar-refractivity contribution in [2.75, 3.05) is 12.4 Å². The average molecular weight is 451 g/mol. The number of rotatable bonds is 7. The molecule has 0 aromatic carbocycles. The molecule has 0 fully saturated rings. The molecule has 14 heteroatoms. The van der Waals surface area contributed by atoms with Crippen molar-refractivity contribution in [3.05, 3.63) is 36.8 Å². The first-order valence-electron chi connectivity index (χ1n) is 7.28. The fraction of sp³-hybridized carbons (Fsp3) is 0.333. The molecule has 2 rings (SSSR count). The van der Waals surface area contributed by atoms with Gasteiger partial charge in [-0.25, -0.2) is 0 Å². The highest BCUT2D eigenvalue weighted by Crippen LogP contribution is 2.55. The molecule has 4 nitrogen and oxygen atoms in total. The molecule has 0 spiro atoms. The molecule has 0 radical (unpaired) electrons. The largest absolute Gasteiger partial charge is 0.479 e. The minimum atomic E-state index is -7.02. The van der Waals surface area contributed by atoms with Crippen molar-refractivity contribution in [3.63, 3.8) is 0 Å². The van der Waals surface area contributed by atoms with Crippen molar-refractivity contribution in [2.24, 2.45) is 0 Å². The highest BCUT2D eigenvalue weighted by atomic mass is 32.1. The second kappa shape index (κ2) is 7.39. The first-order valence-corrected chi connectivity index (χ1v) is 8.10. The minimum absolute atomic E-state index is 0.112. The van der Waals surface area contributed by atoms with Gasteiger partial charge in [-0.05, 0) is 12.1 Å². The van der Waals surface area contributed by atoms with Crippen molar-refractivity contribution < 1.29 is 44.3 Å². The molecule has 160 valence electrons. The predicted octanol–water partition coefficient (Wildman–Crippen LogP) is 5.61. The number of alkyl halides is 9. The van der Waals surface area contributed by atoms with E-state index in [9.17, 15) is 39.5 Å². The smallest absolute Gasteiger partial charge is 0.460 e. The van der Waals surface area contributed by atoms with E-state index in [1.807, 2.05) is 0 Å². The molecule has 0 unspecified atom stereocenters. The van der Waals surface area contributed by atoms with Crippen LogP contribution in [0.4, 0.5) is 44.5 Å². The first kappa shape index (κ1) is 22.8. The summed E-state index contributed by atoms with van der Waals surface area (Å²) in [6, 6.07) is 3.01. The van der Waals surface area contributed by atoms with Crippen LogP contribution in [0.15, 0.2) is 36.8 Å². The van der Waals surface area contributed by atoms with E-state index in [2.05, 4.69) is 16.5 Å². The lowest BCUT2D eigenvalue weighted by atomic mass is 10.0. The lowest BCUT2D eigenvalue weighted by Gasteiger charge is -2.34. The van der Waals surface area contributed by atoms with Crippen molar-refractivity contribution in [1.29, 1.82) is 0 Å². The average Bonchev–Trinajstić information content (AvgIpc) is 3.04. The van der Waals surface area contributed by atoms with Crippen LogP contribution in [0.25, 0.3) is 10.6 Å². The lowest BCUT2D eigenvalue weighted by molar-refractivity contribution is -0.389. The Bertz CT molecular complexity index is 881. The van der Waals surface area contributed by atoms with Gasteiger partial charge >= 0.3 is 23.9 Å². The molecule has 0 aliphatic rings. The maximum Gasteiger partial charge on any atom is 0.460 e. The summed E-state index contributed by atoms with van der Waals surface area (Å²) in [7, 11) is 1.04. The van der Waals surface area contributed by atoms with Crippen LogP contribution in [0.3, 0.4) is 0 Å². The second-order valence-corrected chi connectivity index (χ2v) is 6.42. The van der Waals surface area contributed by atoms with E-state index in [1.54, 1.807) is 5.32 Å². The molecule has 2 aromatic rings. The van der Waals surface area contributed by atoms with Crippen LogP contribution in [-0.2, 0) is 0 Å². The summed E-state index contributed by atoms with van der Waals surface area (Å²) in [5.74, 6) is -20.2. The van der Waals surface area contributed by atoms with Gasteiger partial charge < -0.3 is 10.1 Å². The van der Waals surface area contributed by atoms with E-state index in [0.29, 0.717) is 16.9 Å². The zero-order valence-corrected chi connectivity index (χ0v) is 14.9. The molecule has 0 amide bonds.